The summed E-state index contributed by atoms with van der Waals surface area (Å²) in [6.07, 6.45) is 10.2. The number of hydrogen-bond acceptors (Lipinski definition) is 2. The van der Waals surface area contributed by atoms with Crippen molar-refractivity contribution in [3.63, 3.8) is 0 Å². The molecule has 0 unspecified atom stereocenters. The minimum absolute atomic E-state index is 0.0973. The maximum atomic E-state index is 11.6. The van der Waals surface area contributed by atoms with Crippen LogP contribution < -0.4 is 0 Å². The Morgan fingerprint density at radius 3 is 2.67 bits per heavy atom. The van der Waals surface area contributed by atoms with E-state index in [9.17, 15) is 9.59 Å². The molecule has 0 atom stereocenters. The summed E-state index contributed by atoms with van der Waals surface area (Å²) in [4.78, 5) is 24.6. The standard InChI is InChI=1S/C12H9NO2/c14-10-6-8-4-2-1-3-5-9-7-11(15)13(10)12(8)9/h1-5H,6-7H2/b2-1-,3-1?,4-2?,5-3-,8-4-,9-5?. The van der Waals surface area contributed by atoms with Crippen LogP contribution >= 0.6 is 0 Å². The summed E-state index contributed by atoms with van der Waals surface area (Å²) in [5.74, 6) is -0.195. The molecule has 15 heavy (non-hydrogen) atoms. The van der Waals surface area contributed by atoms with E-state index in [-0.39, 0.29) is 11.8 Å². The van der Waals surface area contributed by atoms with Gasteiger partial charge in [0.1, 0.15) is 0 Å². The Bertz CT molecular complexity index is 492. The molecule has 3 heteroatoms. The van der Waals surface area contributed by atoms with Gasteiger partial charge in [-0.05, 0) is 11.1 Å². The van der Waals surface area contributed by atoms with Crippen LogP contribution in [0.25, 0.3) is 0 Å². The van der Waals surface area contributed by atoms with Crippen LogP contribution in [0.15, 0.2) is 47.2 Å². The number of amides is 2. The van der Waals surface area contributed by atoms with Crippen molar-refractivity contribution in [2.75, 3.05) is 0 Å². The quantitative estimate of drug-likeness (QED) is 0.554. The van der Waals surface area contributed by atoms with E-state index in [1.807, 2.05) is 30.4 Å². The highest BCUT2D eigenvalue weighted by Crippen LogP contribution is 2.38. The molecule has 0 N–H and O–H groups in total. The summed E-state index contributed by atoms with van der Waals surface area (Å²) >= 11 is 0. The average molecular weight is 199 g/mol. The predicted molar refractivity (Wildman–Crippen MR) is 54.5 cm³/mol. The maximum absolute atomic E-state index is 11.6. The molecule has 3 nitrogen and oxygen atoms in total. The van der Waals surface area contributed by atoms with Crippen molar-refractivity contribution in [3.05, 3.63) is 47.2 Å². The Balaban J connectivity index is 2.22. The van der Waals surface area contributed by atoms with E-state index in [0.717, 1.165) is 16.8 Å². The normalized spacial score (nSPS) is 30.9. The molecular formula is C12H9NO2. The van der Waals surface area contributed by atoms with Gasteiger partial charge in [0.15, 0.2) is 0 Å². The van der Waals surface area contributed by atoms with E-state index >= 15 is 0 Å². The van der Waals surface area contributed by atoms with Crippen molar-refractivity contribution in [3.8, 4) is 0 Å². The van der Waals surface area contributed by atoms with Gasteiger partial charge < -0.3 is 0 Å². The third-order valence-electron chi connectivity index (χ3n) is 2.83. The van der Waals surface area contributed by atoms with Crippen molar-refractivity contribution in [1.29, 1.82) is 0 Å². The van der Waals surface area contributed by atoms with E-state index in [4.69, 9.17) is 0 Å². The Morgan fingerprint density at radius 2 is 1.80 bits per heavy atom. The van der Waals surface area contributed by atoms with Crippen molar-refractivity contribution < 1.29 is 9.59 Å². The minimum Gasteiger partial charge on any atom is -0.274 e. The molecule has 1 saturated heterocycles. The van der Waals surface area contributed by atoms with Crippen molar-refractivity contribution in [1.82, 2.24) is 4.90 Å². The Hall–Kier alpha value is -1.90. The molecule has 0 aromatic rings. The molecule has 3 aliphatic rings. The SMILES string of the molecule is O=C1CC2=C3C(=C/C=C\C=C/2)\CC(=O)N13. The third-order valence-corrected chi connectivity index (χ3v) is 2.83. The fourth-order valence-corrected chi connectivity index (χ4v) is 2.22. The third kappa shape index (κ3) is 1.06. The number of nitrogens with zero attached hydrogens (tertiary/aromatic N) is 1. The van der Waals surface area contributed by atoms with Gasteiger partial charge in [-0.3, -0.25) is 9.59 Å². The van der Waals surface area contributed by atoms with Crippen LogP contribution in [0.4, 0.5) is 0 Å². The van der Waals surface area contributed by atoms with Gasteiger partial charge in [-0.25, -0.2) is 4.90 Å². The summed E-state index contributed by atoms with van der Waals surface area (Å²) in [6.45, 7) is 0. The Morgan fingerprint density at radius 1 is 1.00 bits per heavy atom. The lowest BCUT2D eigenvalue weighted by Gasteiger charge is -2.08. The summed E-state index contributed by atoms with van der Waals surface area (Å²) in [6, 6.07) is 0. The average Bonchev–Trinajstić information content (AvgIpc) is 2.64. The molecule has 0 radical (unpaired) electrons. The topological polar surface area (TPSA) is 37.4 Å². The zero-order valence-electron chi connectivity index (χ0n) is 8.06. The van der Waals surface area contributed by atoms with Crippen LogP contribution in [0.3, 0.4) is 0 Å². The lowest BCUT2D eigenvalue weighted by molar-refractivity contribution is -0.138. The highest BCUT2D eigenvalue weighted by atomic mass is 16.2. The molecule has 2 aliphatic heterocycles. The van der Waals surface area contributed by atoms with Crippen LogP contribution in [0, 0.1) is 0 Å². The number of rotatable bonds is 0. The molecule has 2 amide bonds. The summed E-state index contributed by atoms with van der Waals surface area (Å²) in [7, 11) is 0. The molecule has 0 saturated carbocycles. The highest BCUT2D eigenvalue weighted by Gasteiger charge is 2.41. The van der Waals surface area contributed by atoms with E-state index in [0.29, 0.717) is 12.8 Å². The smallest absolute Gasteiger partial charge is 0.238 e. The van der Waals surface area contributed by atoms with Gasteiger partial charge >= 0.3 is 0 Å². The van der Waals surface area contributed by atoms with E-state index in [1.165, 1.54) is 4.90 Å². The molecule has 1 fully saturated rings. The molecule has 1 aliphatic carbocycles. The van der Waals surface area contributed by atoms with E-state index < -0.39 is 0 Å². The van der Waals surface area contributed by atoms with Crippen molar-refractivity contribution >= 4 is 11.8 Å². The molecule has 0 aromatic heterocycles. The van der Waals surface area contributed by atoms with Crippen molar-refractivity contribution in [2.24, 2.45) is 0 Å². The number of carbonyl (C=O) groups excluding carboxylic acids is 2. The molecular weight excluding hydrogens is 190 g/mol. The molecule has 74 valence electrons. The maximum Gasteiger partial charge on any atom is 0.238 e. The lowest BCUT2D eigenvalue weighted by atomic mass is 10.0. The summed E-state index contributed by atoms with van der Waals surface area (Å²) < 4.78 is 0. The molecule has 0 aromatic carbocycles. The van der Waals surface area contributed by atoms with E-state index in [2.05, 4.69) is 0 Å². The molecule has 3 rings (SSSR count). The Kier molecular flexibility index (Phi) is 1.57. The van der Waals surface area contributed by atoms with Gasteiger partial charge in [0.05, 0.1) is 18.5 Å². The zero-order valence-corrected chi connectivity index (χ0v) is 8.06. The largest absolute Gasteiger partial charge is 0.274 e. The van der Waals surface area contributed by atoms with Gasteiger partial charge in [0.25, 0.3) is 0 Å². The number of carbonyl (C=O) groups is 2. The van der Waals surface area contributed by atoms with Crippen molar-refractivity contribution in [2.45, 2.75) is 12.8 Å². The van der Waals surface area contributed by atoms with Gasteiger partial charge in [0, 0.05) is 0 Å². The summed E-state index contributed by atoms with van der Waals surface area (Å²) in [5.41, 5.74) is 2.74. The molecule has 0 bridgehead atoms. The van der Waals surface area contributed by atoms with E-state index in [1.54, 1.807) is 0 Å². The first-order chi connectivity index (χ1) is 7.27. The fourth-order valence-electron chi connectivity index (χ4n) is 2.22. The molecule has 2 heterocycles. The number of imide groups is 1. The second kappa shape index (κ2) is 2.79. The van der Waals surface area contributed by atoms with Crippen LogP contribution in [0.2, 0.25) is 0 Å². The van der Waals surface area contributed by atoms with Gasteiger partial charge in [-0.15, -0.1) is 0 Å². The number of hydrogen-bond donors (Lipinski definition) is 0. The highest BCUT2D eigenvalue weighted by molar-refractivity contribution is 6.06. The van der Waals surface area contributed by atoms with Crippen LogP contribution in [0.1, 0.15) is 12.8 Å². The first kappa shape index (κ1) is 8.41. The second-order valence-electron chi connectivity index (χ2n) is 3.79. The van der Waals surface area contributed by atoms with Crippen LogP contribution in [-0.2, 0) is 9.59 Å². The second-order valence-corrected chi connectivity index (χ2v) is 3.79. The lowest BCUT2D eigenvalue weighted by Crippen LogP contribution is -2.25. The number of allylic oxidation sites excluding steroid dienone is 6. The van der Waals surface area contributed by atoms with Crippen LogP contribution in [-0.4, -0.2) is 16.7 Å². The predicted octanol–water partition coefficient (Wildman–Crippen LogP) is 1.46. The first-order valence-electron chi connectivity index (χ1n) is 4.90. The fraction of sp³-hybridized carbons (Fsp3) is 0.167. The van der Waals surface area contributed by atoms with Gasteiger partial charge in [-0.2, -0.15) is 0 Å². The molecule has 0 spiro atoms. The van der Waals surface area contributed by atoms with Crippen LogP contribution in [0.5, 0.6) is 0 Å². The first-order valence-corrected chi connectivity index (χ1v) is 4.90. The van der Waals surface area contributed by atoms with Gasteiger partial charge in [-0.1, -0.05) is 30.4 Å². The monoisotopic (exact) mass is 199 g/mol. The zero-order chi connectivity index (χ0) is 10.4. The van der Waals surface area contributed by atoms with Gasteiger partial charge in [0.2, 0.25) is 11.8 Å². The Labute approximate surface area is 87.1 Å². The minimum atomic E-state index is -0.0973. The summed E-state index contributed by atoms with van der Waals surface area (Å²) in [5, 5.41) is 0.